The van der Waals surface area contributed by atoms with Crippen LogP contribution in [0.2, 0.25) is 0 Å². The van der Waals surface area contributed by atoms with Gasteiger partial charge in [-0.3, -0.25) is 4.79 Å². The predicted octanol–water partition coefficient (Wildman–Crippen LogP) is 0.891. The molecule has 84 valence electrons. The molecule has 1 heterocycles. The average molecular weight is 209 g/mol. The lowest BCUT2D eigenvalue weighted by Crippen LogP contribution is -2.44. The SMILES string of the molecule is CN(CCC#N)C(=O)C1CCCCCN1. The number of nitrogens with zero attached hydrogens (tertiary/aromatic N) is 2. The number of hydrogen-bond acceptors (Lipinski definition) is 3. The van der Waals surface area contributed by atoms with Crippen molar-refractivity contribution in [2.45, 2.75) is 38.1 Å². The van der Waals surface area contributed by atoms with Gasteiger partial charge in [0.05, 0.1) is 18.5 Å². The molecule has 1 rings (SSSR count). The predicted molar refractivity (Wildman–Crippen MR) is 58.1 cm³/mol. The van der Waals surface area contributed by atoms with E-state index in [0.29, 0.717) is 13.0 Å². The van der Waals surface area contributed by atoms with Gasteiger partial charge in [0.1, 0.15) is 0 Å². The Morgan fingerprint density at radius 2 is 2.33 bits per heavy atom. The molecule has 0 aliphatic carbocycles. The molecule has 4 heteroatoms. The Balaban J connectivity index is 2.39. The lowest BCUT2D eigenvalue weighted by atomic mass is 10.1. The molecular formula is C11H19N3O. The van der Waals surface area contributed by atoms with Crippen molar-refractivity contribution in [3.8, 4) is 6.07 Å². The van der Waals surface area contributed by atoms with Crippen LogP contribution >= 0.6 is 0 Å². The summed E-state index contributed by atoms with van der Waals surface area (Å²) in [4.78, 5) is 13.6. The summed E-state index contributed by atoms with van der Waals surface area (Å²) in [6.07, 6.45) is 4.82. The zero-order valence-electron chi connectivity index (χ0n) is 9.33. The molecule has 0 aromatic heterocycles. The van der Waals surface area contributed by atoms with Gasteiger partial charge in [-0.15, -0.1) is 0 Å². The van der Waals surface area contributed by atoms with Gasteiger partial charge in [0.15, 0.2) is 0 Å². The van der Waals surface area contributed by atoms with Crippen LogP contribution in [0.15, 0.2) is 0 Å². The van der Waals surface area contributed by atoms with Gasteiger partial charge in [-0.2, -0.15) is 5.26 Å². The molecule has 4 nitrogen and oxygen atoms in total. The Hall–Kier alpha value is -1.08. The fourth-order valence-corrected chi connectivity index (χ4v) is 1.83. The second-order valence-electron chi connectivity index (χ2n) is 4.02. The van der Waals surface area contributed by atoms with Crippen molar-refractivity contribution in [3.63, 3.8) is 0 Å². The Kier molecular flexibility index (Phi) is 5.13. The molecule has 1 amide bonds. The highest BCUT2D eigenvalue weighted by Crippen LogP contribution is 2.10. The Labute approximate surface area is 91.2 Å². The Morgan fingerprint density at radius 3 is 3.07 bits per heavy atom. The van der Waals surface area contributed by atoms with E-state index in [4.69, 9.17) is 5.26 Å². The molecule has 1 fully saturated rings. The third-order valence-electron chi connectivity index (χ3n) is 2.79. The third-order valence-corrected chi connectivity index (χ3v) is 2.79. The Morgan fingerprint density at radius 1 is 1.53 bits per heavy atom. The molecule has 0 bridgehead atoms. The van der Waals surface area contributed by atoms with Crippen LogP contribution in [0, 0.1) is 11.3 Å². The largest absolute Gasteiger partial charge is 0.343 e. The van der Waals surface area contributed by atoms with Crippen LogP contribution in [-0.4, -0.2) is 37.0 Å². The summed E-state index contributed by atoms with van der Waals surface area (Å²) >= 11 is 0. The zero-order chi connectivity index (χ0) is 11.1. The first kappa shape index (κ1) is 12.0. The lowest BCUT2D eigenvalue weighted by Gasteiger charge is -2.22. The minimum absolute atomic E-state index is 0.0313. The maximum Gasteiger partial charge on any atom is 0.239 e. The number of likely N-dealkylation sites (N-methyl/N-ethyl adjacent to an activating group) is 1. The minimum atomic E-state index is -0.0313. The van der Waals surface area contributed by atoms with E-state index in [0.717, 1.165) is 25.8 Å². The molecule has 0 radical (unpaired) electrons. The van der Waals surface area contributed by atoms with E-state index < -0.39 is 0 Å². The Bertz CT molecular complexity index is 239. The summed E-state index contributed by atoms with van der Waals surface area (Å²) in [7, 11) is 1.77. The van der Waals surface area contributed by atoms with E-state index in [2.05, 4.69) is 11.4 Å². The molecular weight excluding hydrogens is 190 g/mol. The topological polar surface area (TPSA) is 56.1 Å². The van der Waals surface area contributed by atoms with Crippen LogP contribution in [0.5, 0.6) is 0 Å². The summed E-state index contributed by atoms with van der Waals surface area (Å²) in [6, 6.07) is 2.02. The van der Waals surface area contributed by atoms with Gasteiger partial charge in [-0.1, -0.05) is 12.8 Å². The summed E-state index contributed by atoms with van der Waals surface area (Å²) in [5, 5.41) is 11.7. The van der Waals surface area contributed by atoms with Crippen molar-refractivity contribution in [1.29, 1.82) is 5.26 Å². The summed E-state index contributed by atoms with van der Waals surface area (Å²) in [5.41, 5.74) is 0. The fourth-order valence-electron chi connectivity index (χ4n) is 1.83. The summed E-state index contributed by atoms with van der Waals surface area (Å²) < 4.78 is 0. The van der Waals surface area contributed by atoms with Gasteiger partial charge in [-0.25, -0.2) is 0 Å². The highest BCUT2D eigenvalue weighted by Gasteiger charge is 2.22. The number of amides is 1. The summed E-state index contributed by atoms with van der Waals surface area (Å²) in [5.74, 6) is 0.132. The van der Waals surface area contributed by atoms with E-state index >= 15 is 0 Å². The number of nitrogens with one attached hydrogen (secondary N) is 1. The first-order chi connectivity index (χ1) is 7.25. The van der Waals surface area contributed by atoms with Crippen molar-refractivity contribution in [2.24, 2.45) is 0 Å². The summed E-state index contributed by atoms with van der Waals surface area (Å²) in [6.45, 7) is 1.47. The van der Waals surface area contributed by atoms with Crippen molar-refractivity contribution in [2.75, 3.05) is 20.1 Å². The zero-order valence-corrected chi connectivity index (χ0v) is 9.33. The van der Waals surface area contributed by atoms with Crippen LogP contribution in [0.3, 0.4) is 0 Å². The second-order valence-corrected chi connectivity index (χ2v) is 4.02. The highest BCUT2D eigenvalue weighted by atomic mass is 16.2. The molecule has 1 N–H and O–H groups in total. The maximum absolute atomic E-state index is 11.9. The van der Waals surface area contributed by atoms with Crippen molar-refractivity contribution in [1.82, 2.24) is 10.2 Å². The van der Waals surface area contributed by atoms with Gasteiger partial charge >= 0.3 is 0 Å². The number of rotatable bonds is 3. The molecule has 0 aromatic carbocycles. The van der Waals surface area contributed by atoms with E-state index in [-0.39, 0.29) is 11.9 Å². The van der Waals surface area contributed by atoms with Crippen molar-refractivity contribution in [3.05, 3.63) is 0 Å². The number of carbonyl (C=O) groups excluding carboxylic acids is 1. The molecule has 1 saturated heterocycles. The average Bonchev–Trinajstić information content (AvgIpc) is 2.53. The first-order valence-corrected chi connectivity index (χ1v) is 5.61. The molecule has 1 aliphatic heterocycles. The van der Waals surface area contributed by atoms with E-state index in [9.17, 15) is 4.79 Å². The normalized spacial score (nSPS) is 21.5. The van der Waals surface area contributed by atoms with Gasteiger partial charge in [0.2, 0.25) is 5.91 Å². The molecule has 0 spiro atoms. The molecule has 0 aromatic rings. The van der Waals surface area contributed by atoms with Gasteiger partial charge < -0.3 is 10.2 Å². The second kappa shape index (κ2) is 6.41. The molecule has 1 aliphatic rings. The van der Waals surface area contributed by atoms with Crippen LogP contribution < -0.4 is 5.32 Å². The quantitative estimate of drug-likeness (QED) is 0.751. The van der Waals surface area contributed by atoms with Crippen LogP contribution in [-0.2, 0) is 4.79 Å². The molecule has 1 atom stereocenters. The van der Waals surface area contributed by atoms with Gasteiger partial charge in [-0.05, 0) is 19.4 Å². The lowest BCUT2D eigenvalue weighted by molar-refractivity contribution is -0.132. The smallest absolute Gasteiger partial charge is 0.239 e. The van der Waals surface area contributed by atoms with Crippen LogP contribution in [0.1, 0.15) is 32.1 Å². The first-order valence-electron chi connectivity index (χ1n) is 5.61. The highest BCUT2D eigenvalue weighted by molar-refractivity contribution is 5.81. The molecule has 15 heavy (non-hydrogen) atoms. The maximum atomic E-state index is 11.9. The van der Waals surface area contributed by atoms with E-state index in [1.54, 1.807) is 11.9 Å². The monoisotopic (exact) mass is 209 g/mol. The van der Waals surface area contributed by atoms with Gasteiger partial charge in [0, 0.05) is 13.6 Å². The molecule has 1 unspecified atom stereocenters. The molecule has 0 saturated carbocycles. The van der Waals surface area contributed by atoms with Crippen molar-refractivity contribution < 1.29 is 4.79 Å². The standard InChI is InChI=1S/C11H19N3O/c1-14(9-5-7-12)11(15)10-6-3-2-4-8-13-10/h10,13H,2-6,8-9H2,1H3. The third kappa shape index (κ3) is 3.88. The number of hydrogen-bond donors (Lipinski definition) is 1. The van der Waals surface area contributed by atoms with Crippen LogP contribution in [0.25, 0.3) is 0 Å². The van der Waals surface area contributed by atoms with E-state index in [1.807, 2.05) is 0 Å². The van der Waals surface area contributed by atoms with Crippen molar-refractivity contribution >= 4 is 5.91 Å². The van der Waals surface area contributed by atoms with E-state index in [1.165, 1.54) is 6.42 Å². The van der Waals surface area contributed by atoms with Crippen LogP contribution in [0.4, 0.5) is 0 Å². The minimum Gasteiger partial charge on any atom is -0.343 e. The number of carbonyl (C=O) groups is 1. The fraction of sp³-hybridized carbons (Fsp3) is 0.818. The van der Waals surface area contributed by atoms with Gasteiger partial charge in [0.25, 0.3) is 0 Å². The number of nitriles is 1.